The van der Waals surface area contributed by atoms with Gasteiger partial charge in [0.2, 0.25) is 0 Å². The van der Waals surface area contributed by atoms with Crippen LogP contribution in [0.25, 0.3) is 0 Å². The Bertz CT molecular complexity index is 2970. The Hall–Kier alpha value is -6.55. The van der Waals surface area contributed by atoms with Crippen LogP contribution in [0, 0.1) is 76.2 Å². The standard InChI is InChI=1S/C12H19NO.C12H18O2.2C12H18O.2C11H16O2/c1-7-8(2)11(14)13-9(3)10(7)12(4,5)6;1-7-8(2)11(12(3,4)5)10(14)6-9(7)13;1-8-7-11(13)9(2)6-10(8)12(3,4)5;1-8-6-10(13)7-9(2)11(8)12(3,4)5;1-7-5-8(11(2,3)4)10(13)6-9(7)12;1-7-5-8(12)6-9(13)10(7)11(2,3)4/h1-6H3,(H,13,14);6,13-14H,1-5H3;2*6-7,13H,1-5H3;2*5-6,12-13H,1-4H3. The van der Waals surface area contributed by atoms with Gasteiger partial charge in [0.15, 0.2) is 0 Å². The second kappa shape index (κ2) is 26.8. The highest BCUT2D eigenvalue weighted by atomic mass is 16.3. The fourth-order valence-corrected chi connectivity index (χ4v) is 10.7. The van der Waals surface area contributed by atoms with E-state index in [1.165, 1.54) is 46.0 Å². The molecule has 80 heavy (non-hydrogen) atoms. The van der Waals surface area contributed by atoms with E-state index in [0.717, 1.165) is 66.9 Å². The van der Waals surface area contributed by atoms with Crippen LogP contribution in [-0.2, 0) is 32.5 Å². The molecule has 0 spiro atoms. The minimum atomic E-state index is -0.105. The third kappa shape index (κ3) is 19.9. The first-order valence-corrected chi connectivity index (χ1v) is 27.7. The molecule has 0 amide bonds. The number of aromatic amines is 1. The Kier molecular flexibility index (Phi) is 24.0. The predicted molar refractivity (Wildman–Crippen MR) is 337 cm³/mol. The van der Waals surface area contributed by atoms with E-state index in [9.17, 15) is 45.6 Å². The topological polar surface area (TPSA) is 195 Å². The highest BCUT2D eigenvalue weighted by Crippen LogP contribution is 2.40. The molecule has 0 bridgehead atoms. The van der Waals surface area contributed by atoms with Crippen molar-refractivity contribution in [1.29, 1.82) is 0 Å². The van der Waals surface area contributed by atoms with Crippen LogP contribution in [0.2, 0.25) is 0 Å². The molecular formula is C70H105NO9. The number of phenols is 8. The monoisotopic (exact) mass is 1100 g/mol. The number of H-pyrrole nitrogens is 1. The second-order valence-electron chi connectivity index (χ2n) is 28.0. The molecule has 9 N–H and O–H groups in total. The van der Waals surface area contributed by atoms with Gasteiger partial charge in [-0.05, 0) is 211 Å². The minimum absolute atomic E-state index is 0.0352. The molecule has 0 saturated carbocycles. The normalized spacial score (nSPS) is 11.8. The molecule has 5 aromatic carbocycles. The fourth-order valence-electron chi connectivity index (χ4n) is 10.7. The van der Waals surface area contributed by atoms with Gasteiger partial charge >= 0.3 is 0 Å². The molecule has 0 radical (unpaired) electrons. The highest BCUT2D eigenvalue weighted by Gasteiger charge is 2.25. The van der Waals surface area contributed by atoms with E-state index in [4.69, 9.17) is 0 Å². The Morgan fingerprint density at radius 1 is 0.275 bits per heavy atom. The first-order chi connectivity index (χ1) is 35.8. The van der Waals surface area contributed by atoms with Gasteiger partial charge in [-0.1, -0.05) is 131 Å². The lowest BCUT2D eigenvalue weighted by Crippen LogP contribution is -2.23. The van der Waals surface area contributed by atoms with E-state index in [0.29, 0.717) is 11.5 Å². The van der Waals surface area contributed by atoms with Gasteiger partial charge in [-0.15, -0.1) is 0 Å². The van der Waals surface area contributed by atoms with Crippen LogP contribution in [-0.4, -0.2) is 45.8 Å². The number of aromatic hydroxyl groups is 8. The summed E-state index contributed by atoms with van der Waals surface area (Å²) in [5, 5.41) is 76.0. The molecule has 6 rings (SSSR count). The third-order valence-electron chi connectivity index (χ3n) is 14.1. The molecule has 0 saturated heterocycles. The SMILES string of the molecule is Cc1[nH]c(=O)c(C)c(C)c1C(C)(C)C.Cc1c(O)cc(O)c(C(C)(C)C)c1C.Cc1cc(C(C)(C)C)c(C)cc1O.Cc1cc(C(C)(C)C)c(O)cc1O.Cc1cc(O)cc(C)c1C(C)(C)C.Cc1cc(O)cc(O)c1C(C)(C)C. The zero-order valence-corrected chi connectivity index (χ0v) is 54.7. The first-order valence-electron chi connectivity index (χ1n) is 27.7. The van der Waals surface area contributed by atoms with Crippen molar-refractivity contribution in [3.05, 3.63) is 160 Å². The molecule has 0 aliphatic heterocycles. The first kappa shape index (κ1) is 71.5. The fraction of sp³-hybridized carbons (Fsp3) is 0.500. The Morgan fingerprint density at radius 2 is 0.613 bits per heavy atom. The van der Waals surface area contributed by atoms with Gasteiger partial charge in [-0.2, -0.15) is 0 Å². The Balaban J connectivity index is 0.000000480. The molecule has 444 valence electrons. The smallest absolute Gasteiger partial charge is 0.251 e. The molecule has 10 nitrogen and oxygen atoms in total. The van der Waals surface area contributed by atoms with E-state index in [1.807, 2.05) is 163 Å². The third-order valence-corrected chi connectivity index (χ3v) is 14.1. The maximum atomic E-state index is 11.5. The molecule has 6 aromatic rings. The lowest BCUT2D eigenvalue weighted by Gasteiger charge is -2.24. The molecule has 0 aliphatic carbocycles. The van der Waals surface area contributed by atoms with E-state index in [1.54, 1.807) is 6.07 Å². The van der Waals surface area contributed by atoms with Crippen molar-refractivity contribution >= 4 is 0 Å². The summed E-state index contributed by atoms with van der Waals surface area (Å²) in [4.78, 5) is 14.4. The molecule has 0 fully saturated rings. The average molecular weight is 1100 g/mol. The summed E-state index contributed by atoms with van der Waals surface area (Å²) in [7, 11) is 0. The number of hydrogen-bond acceptors (Lipinski definition) is 9. The summed E-state index contributed by atoms with van der Waals surface area (Å²) >= 11 is 0. The summed E-state index contributed by atoms with van der Waals surface area (Å²) in [5.74, 6) is 1.69. The Morgan fingerprint density at radius 3 is 1.00 bits per heavy atom. The van der Waals surface area contributed by atoms with Crippen LogP contribution in [0.3, 0.4) is 0 Å². The molecule has 1 heterocycles. The van der Waals surface area contributed by atoms with Crippen LogP contribution in [0.1, 0.15) is 219 Å². The van der Waals surface area contributed by atoms with Gasteiger partial charge in [0, 0.05) is 40.6 Å². The van der Waals surface area contributed by atoms with Crippen molar-refractivity contribution in [3.8, 4) is 46.0 Å². The van der Waals surface area contributed by atoms with E-state index in [2.05, 4.69) is 73.4 Å². The van der Waals surface area contributed by atoms with E-state index >= 15 is 0 Å². The summed E-state index contributed by atoms with van der Waals surface area (Å²) in [6, 6.07) is 15.3. The van der Waals surface area contributed by atoms with Crippen molar-refractivity contribution < 1.29 is 40.9 Å². The largest absolute Gasteiger partial charge is 0.508 e. The summed E-state index contributed by atoms with van der Waals surface area (Å²) in [6.07, 6.45) is 0. The summed E-state index contributed by atoms with van der Waals surface area (Å²) in [6.45, 7) is 59.4. The van der Waals surface area contributed by atoms with Crippen LogP contribution < -0.4 is 5.56 Å². The zero-order chi connectivity index (χ0) is 63.1. The van der Waals surface area contributed by atoms with Crippen LogP contribution in [0.4, 0.5) is 0 Å². The predicted octanol–water partition coefficient (Wildman–Crippen LogP) is 17.6. The lowest BCUT2D eigenvalue weighted by molar-refractivity contribution is 0.427. The molecule has 0 unspecified atom stereocenters. The van der Waals surface area contributed by atoms with Gasteiger partial charge in [-0.3, -0.25) is 4.79 Å². The number of aryl methyl sites for hydroxylation is 7. The molecular weight excluding hydrogens is 999 g/mol. The molecule has 0 atom stereocenters. The number of rotatable bonds is 0. The van der Waals surface area contributed by atoms with Gasteiger partial charge < -0.3 is 45.8 Å². The van der Waals surface area contributed by atoms with Gasteiger partial charge in [-0.25, -0.2) is 0 Å². The highest BCUT2D eigenvalue weighted by molar-refractivity contribution is 5.54. The number of phenolic OH excluding ortho intramolecular Hbond substituents is 8. The quantitative estimate of drug-likeness (QED) is 0.0711. The van der Waals surface area contributed by atoms with E-state index < -0.39 is 0 Å². The van der Waals surface area contributed by atoms with Crippen LogP contribution >= 0.6 is 0 Å². The van der Waals surface area contributed by atoms with Crippen LogP contribution in [0.5, 0.6) is 46.0 Å². The van der Waals surface area contributed by atoms with Gasteiger partial charge in [0.1, 0.15) is 46.0 Å². The summed E-state index contributed by atoms with van der Waals surface area (Å²) < 4.78 is 0. The zero-order valence-electron chi connectivity index (χ0n) is 54.7. The van der Waals surface area contributed by atoms with Crippen LogP contribution in [0.15, 0.2) is 59.4 Å². The van der Waals surface area contributed by atoms with Crippen molar-refractivity contribution in [2.24, 2.45) is 0 Å². The molecule has 10 heteroatoms. The van der Waals surface area contributed by atoms with Crippen molar-refractivity contribution in [3.63, 3.8) is 0 Å². The molecule has 1 aromatic heterocycles. The number of hydrogen-bond donors (Lipinski definition) is 9. The lowest BCUT2D eigenvalue weighted by atomic mass is 9.81. The number of benzene rings is 5. The van der Waals surface area contributed by atoms with Gasteiger partial charge in [0.05, 0.1) is 0 Å². The van der Waals surface area contributed by atoms with Crippen molar-refractivity contribution in [1.82, 2.24) is 4.98 Å². The molecule has 0 aliphatic rings. The minimum Gasteiger partial charge on any atom is -0.508 e. The van der Waals surface area contributed by atoms with Gasteiger partial charge in [0.25, 0.3) is 5.56 Å². The van der Waals surface area contributed by atoms with Crippen molar-refractivity contribution in [2.75, 3.05) is 0 Å². The maximum Gasteiger partial charge on any atom is 0.251 e. The maximum absolute atomic E-state index is 11.5. The Labute approximate surface area is 482 Å². The number of nitrogens with one attached hydrogen (secondary N) is 1. The van der Waals surface area contributed by atoms with E-state index in [-0.39, 0.29) is 72.5 Å². The van der Waals surface area contributed by atoms with Crippen molar-refractivity contribution in [2.45, 2.75) is 233 Å². The number of pyridine rings is 1. The average Bonchev–Trinajstić information content (AvgIpc) is 3.22. The second-order valence-corrected chi connectivity index (χ2v) is 28.0. The number of aromatic nitrogens is 1. The summed E-state index contributed by atoms with van der Waals surface area (Å²) in [5.41, 5.74) is 17.6.